The van der Waals surface area contributed by atoms with Gasteiger partial charge in [0.15, 0.2) is 0 Å². The summed E-state index contributed by atoms with van der Waals surface area (Å²) in [6.07, 6.45) is 0.0510. The number of halogens is 1. The van der Waals surface area contributed by atoms with Crippen LogP contribution in [0.15, 0.2) is 42.5 Å². The molecule has 0 spiro atoms. The number of methoxy groups -OCH3 is 2. The van der Waals surface area contributed by atoms with Crippen LogP contribution in [-0.4, -0.2) is 32.6 Å². The van der Waals surface area contributed by atoms with E-state index in [1.165, 1.54) is 17.0 Å². The second kappa shape index (κ2) is 8.07. The third-order valence-electron chi connectivity index (χ3n) is 4.58. The Morgan fingerprint density at radius 2 is 2.00 bits per heavy atom. The number of para-hydroxylation sites is 1. The lowest BCUT2D eigenvalue weighted by molar-refractivity contribution is -0.126. The van der Waals surface area contributed by atoms with Crippen molar-refractivity contribution < 1.29 is 23.5 Å². The smallest absolute Gasteiger partial charge is 0.227 e. The van der Waals surface area contributed by atoms with Gasteiger partial charge in [-0.25, -0.2) is 4.39 Å². The van der Waals surface area contributed by atoms with E-state index in [0.717, 1.165) is 5.56 Å². The molecule has 2 amide bonds. The molecule has 0 radical (unpaired) electrons. The highest BCUT2D eigenvalue weighted by molar-refractivity contribution is 6.00. The summed E-state index contributed by atoms with van der Waals surface area (Å²) in [5.41, 5.74) is 0.966. The van der Waals surface area contributed by atoms with Crippen molar-refractivity contribution in [3.05, 3.63) is 53.8 Å². The average molecular weight is 372 g/mol. The van der Waals surface area contributed by atoms with Crippen LogP contribution in [0, 0.1) is 11.7 Å². The molecule has 0 aromatic heterocycles. The number of benzene rings is 2. The van der Waals surface area contributed by atoms with Crippen molar-refractivity contribution >= 4 is 17.5 Å². The number of carbonyl (C=O) groups excluding carboxylic acids is 2. The van der Waals surface area contributed by atoms with E-state index in [-0.39, 0.29) is 37.0 Å². The van der Waals surface area contributed by atoms with Crippen molar-refractivity contribution in [2.75, 3.05) is 25.7 Å². The highest BCUT2D eigenvalue weighted by atomic mass is 19.1. The van der Waals surface area contributed by atoms with Crippen molar-refractivity contribution in [2.24, 2.45) is 5.92 Å². The van der Waals surface area contributed by atoms with E-state index in [0.29, 0.717) is 11.5 Å². The van der Waals surface area contributed by atoms with E-state index in [1.54, 1.807) is 44.6 Å². The van der Waals surface area contributed by atoms with Gasteiger partial charge in [-0.3, -0.25) is 9.59 Å². The van der Waals surface area contributed by atoms with E-state index in [4.69, 9.17) is 9.47 Å². The normalized spacial score (nSPS) is 16.3. The van der Waals surface area contributed by atoms with E-state index in [1.807, 2.05) is 0 Å². The molecular formula is C20H21FN2O4. The SMILES string of the molecule is COc1ccc(OC)c(CNC(=O)[C@@H]2CC(=O)N(c3ccccc3F)C2)c1. The molecule has 1 aliphatic heterocycles. The summed E-state index contributed by atoms with van der Waals surface area (Å²) in [6.45, 7) is 0.393. The molecule has 27 heavy (non-hydrogen) atoms. The minimum Gasteiger partial charge on any atom is -0.497 e. The number of anilines is 1. The summed E-state index contributed by atoms with van der Waals surface area (Å²) in [4.78, 5) is 26.1. The lowest BCUT2D eigenvalue weighted by Gasteiger charge is -2.17. The first-order chi connectivity index (χ1) is 13.0. The average Bonchev–Trinajstić information content (AvgIpc) is 3.07. The lowest BCUT2D eigenvalue weighted by Crippen LogP contribution is -2.33. The maximum Gasteiger partial charge on any atom is 0.227 e. The maximum absolute atomic E-state index is 13.9. The van der Waals surface area contributed by atoms with Gasteiger partial charge in [0.2, 0.25) is 11.8 Å². The number of hydrogen-bond donors (Lipinski definition) is 1. The molecule has 6 nitrogen and oxygen atoms in total. The summed E-state index contributed by atoms with van der Waals surface area (Å²) >= 11 is 0. The van der Waals surface area contributed by atoms with Crippen LogP contribution in [0.5, 0.6) is 11.5 Å². The molecule has 0 saturated carbocycles. The number of amides is 2. The summed E-state index contributed by atoms with van der Waals surface area (Å²) in [5, 5.41) is 2.83. The van der Waals surface area contributed by atoms with Crippen molar-refractivity contribution in [3.8, 4) is 11.5 Å². The Kier molecular flexibility index (Phi) is 5.59. The van der Waals surface area contributed by atoms with Crippen LogP contribution in [0.2, 0.25) is 0 Å². The minimum atomic E-state index is -0.534. The third-order valence-corrected chi connectivity index (χ3v) is 4.58. The molecule has 7 heteroatoms. The molecule has 2 aromatic carbocycles. The predicted molar refractivity (Wildman–Crippen MR) is 98.3 cm³/mol. The largest absolute Gasteiger partial charge is 0.497 e. The molecule has 3 rings (SSSR count). The van der Waals surface area contributed by atoms with Gasteiger partial charge in [0.1, 0.15) is 17.3 Å². The fourth-order valence-corrected chi connectivity index (χ4v) is 3.13. The molecule has 0 unspecified atom stereocenters. The highest BCUT2D eigenvalue weighted by Crippen LogP contribution is 2.28. The topological polar surface area (TPSA) is 67.9 Å². The maximum atomic E-state index is 13.9. The Balaban J connectivity index is 1.66. The van der Waals surface area contributed by atoms with Crippen molar-refractivity contribution in [1.29, 1.82) is 0 Å². The standard InChI is InChI=1S/C20H21FN2O4/c1-26-15-7-8-18(27-2)13(9-15)11-22-20(25)14-10-19(24)23(12-14)17-6-4-3-5-16(17)21/h3-9,14H,10-12H2,1-2H3,(H,22,25)/t14-/m1/s1. The molecule has 0 aliphatic carbocycles. The Morgan fingerprint density at radius 3 is 2.70 bits per heavy atom. The van der Waals surface area contributed by atoms with Gasteiger partial charge in [-0.15, -0.1) is 0 Å². The van der Waals surface area contributed by atoms with Gasteiger partial charge in [0.05, 0.1) is 25.8 Å². The Labute approximate surface area is 156 Å². The first-order valence-electron chi connectivity index (χ1n) is 8.57. The molecular weight excluding hydrogens is 351 g/mol. The third kappa shape index (κ3) is 4.02. The fourth-order valence-electron chi connectivity index (χ4n) is 3.13. The van der Waals surface area contributed by atoms with Crippen molar-refractivity contribution in [1.82, 2.24) is 5.32 Å². The van der Waals surface area contributed by atoms with Gasteiger partial charge in [-0.1, -0.05) is 12.1 Å². The van der Waals surface area contributed by atoms with Crippen LogP contribution in [0.4, 0.5) is 10.1 Å². The van der Waals surface area contributed by atoms with Gasteiger partial charge in [-0.2, -0.15) is 0 Å². The zero-order valence-electron chi connectivity index (χ0n) is 15.2. The van der Waals surface area contributed by atoms with Crippen LogP contribution in [0.1, 0.15) is 12.0 Å². The summed E-state index contributed by atoms with van der Waals surface area (Å²) < 4.78 is 24.4. The highest BCUT2D eigenvalue weighted by Gasteiger charge is 2.36. The van der Waals surface area contributed by atoms with Gasteiger partial charge in [-0.05, 0) is 30.3 Å². The lowest BCUT2D eigenvalue weighted by atomic mass is 10.1. The van der Waals surface area contributed by atoms with Gasteiger partial charge >= 0.3 is 0 Å². The number of nitrogens with zero attached hydrogens (tertiary/aromatic N) is 1. The van der Waals surface area contributed by atoms with E-state index in [9.17, 15) is 14.0 Å². The molecule has 1 fully saturated rings. The minimum absolute atomic E-state index is 0.0510. The number of hydrogen-bond acceptors (Lipinski definition) is 4. The second-order valence-corrected chi connectivity index (χ2v) is 6.25. The van der Waals surface area contributed by atoms with Gasteiger partial charge < -0.3 is 19.7 Å². The Hall–Kier alpha value is -3.09. The van der Waals surface area contributed by atoms with Crippen LogP contribution in [0.25, 0.3) is 0 Å². The fraction of sp³-hybridized carbons (Fsp3) is 0.300. The molecule has 1 atom stereocenters. The first-order valence-corrected chi connectivity index (χ1v) is 8.57. The molecule has 1 aliphatic rings. The second-order valence-electron chi connectivity index (χ2n) is 6.25. The van der Waals surface area contributed by atoms with Crippen molar-refractivity contribution in [2.45, 2.75) is 13.0 Å². The van der Waals surface area contributed by atoms with Crippen LogP contribution in [0.3, 0.4) is 0 Å². The molecule has 1 heterocycles. The predicted octanol–water partition coefficient (Wildman–Crippen LogP) is 2.51. The van der Waals surface area contributed by atoms with Crippen LogP contribution < -0.4 is 19.7 Å². The number of nitrogens with one attached hydrogen (secondary N) is 1. The molecule has 1 N–H and O–H groups in total. The molecule has 0 bridgehead atoms. The van der Waals surface area contributed by atoms with Crippen LogP contribution in [-0.2, 0) is 16.1 Å². The number of ether oxygens (including phenoxy) is 2. The number of carbonyl (C=O) groups is 2. The van der Waals surface area contributed by atoms with E-state index < -0.39 is 11.7 Å². The number of rotatable bonds is 6. The van der Waals surface area contributed by atoms with Crippen LogP contribution >= 0.6 is 0 Å². The summed E-state index contributed by atoms with van der Waals surface area (Å²) in [5.74, 6) is -0.249. The molecule has 142 valence electrons. The monoisotopic (exact) mass is 372 g/mol. The van der Waals surface area contributed by atoms with Gasteiger partial charge in [0.25, 0.3) is 0 Å². The summed E-state index contributed by atoms with van der Waals surface area (Å²) in [6, 6.07) is 11.4. The Bertz CT molecular complexity index is 856. The van der Waals surface area contributed by atoms with E-state index in [2.05, 4.69) is 5.32 Å². The van der Waals surface area contributed by atoms with Crippen molar-refractivity contribution in [3.63, 3.8) is 0 Å². The van der Waals surface area contributed by atoms with Gasteiger partial charge in [0, 0.05) is 25.1 Å². The quantitative estimate of drug-likeness (QED) is 0.846. The first kappa shape index (κ1) is 18.7. The summed E-state index contributed by atoms with van der Waals surface area (Å²) in [7, 11) is 3.11. The molecule has 2 aromatic rings. The van der Waals surface area contributed by atoms with E-state index >= 15 is 0 Å². The molecule has 1 saturated heterocycles. The zero-order chi connectivity index (χ0) is 19.4. The zero-order valence-corrected chi connectivity index (χ0v) is 15.2. The Morgan fingerprint density at radius 1 is 1.22 bits per heavy atom.